The van der Waals surface area contributed by atoms with Gasteiger partial charge in [-0.15, -0.1) is 0 Å². The highest BCUT2D eigenvalue weighted by molar-refractivity contribution is 7.92. The molecule has 0 saturated heterocycles. The molecule has 2 aliphatic rings. The number of nitrogens with one attached hydrogen (secondary N) is 1. The van der Waals surface area contributed by atoms with Crippen LogP contribution < -0.4 is 19.3 Å². The van der Waals surface area contributed by atoms with E-state index in [-0.39, 0.29) is 29.7 Å². The van der Waals surface area contributed by atoms with E-state index in [4.69, 9.17) is 4.74 Å². The lowest BCUT2D eigenvalue weighted by atomic mass is 10.0. The third-order valence-corrected chi connectivity index (χ3v) is 9.71. The van der Waals surface area contributed by atoms with Crippen molar-refractivity contribution in [1.82, 2.24) is 5.32 Å². The van der Waals surface area contributed by atoms with Crippen molar-refractivity contribution in [1.29, 1.82) is 0 Å². The van der Waals surface area contributed by atoms with Crippen LogP contribution in [0.1, 0.15) is 29.5 Å². The molecule has 6 rings (SSSR count). The van der Waals surface area contributed by atoms with Crippen LogP contribution in [0.4, 0.5) is 11.4 Å². The zero-order valence-corrected chi connectivity index (χ0v) is 24.5. The minimum Gasteiger partial charge on any atom is -0.477 e. The van der Waals surface area contributed by atoms with Crippen LogP contribution in [-0.2, 0) is 39.0 Å². The minimum atomic E-state index is -3.70. The fourth-order valence-corrected chi connectivity index (χ4v) is 7.14. The van der Waals surface area contributed by atoms with E-state index >= 15 is 0 Å². The number of ether oxygens (including phenoxy) is 1. The molecule has 220 valence electrons. The van der Waals surface area contributed by atoms with Crippen molar-refractivity contribution >= 4 is 33.2 Å². The smallest absolute Gasteiger partial charge is 0.264 e. The summed E-state index contributed by atoms with van der Waals surface area (Å²) in [5, 5.41) is 2.91. The molecule has 4 aromatic carbocycles. The van der Waals surface area contributed by atoms with E-state index in [9.17, 15) is 18.0 Å². The zero-order valence-electron chi connectivity index (χ0n) is 23.7. The fourth-order valence-electron chi connectivity index (χ4n) is 5.60. The van der Waals surface area contributed by atoms with Gasteiger partial charge in [-0.25, -0.2) is 8.42 Å². The van der Waals surface area contributed by atoms with Gasteiger partial charge in [-0.3, -0.25) is 13.9 Å². The van der Waals surface area contributed by atoms with Gasteiger partial charge >= 0.3 is 0 Å². The molecule has 43 heavy (non-hydrogen) atoms. The number of carbonyl (C=O) groups is 2. The number of sulfonamides is 1. The number of fused-ring (bicyclic) bond motifs is 2. The molecule has 0 aliphatic carbocycles. The Hall–Kier alpha value is -4.63. The highest BCUT2D eigenvalue weighted by atomic mass is 32.2. The van der Waals surface area contributed by atoms with E-state index in [2.05, 4.69) is 5.32 Å². The summed E-state index contributed by atoms with van der Waals surface area (Å²) in [4.78, 5) is 28.3. The van der Waals surface area contributed by atoms with Gasteiger partial charge in [0.2, 0.25) is 5.91 Å². The number of benzene rings is 4. The molecule has 0 spiro atoms. The van der Waals surface area contributed by atoms with Gasteiger partial charge in [-0.1, -0.05) is 72.8 Å². The quantitative estimate of drug-likeness (QED) is 0.314. The Kier molecular flexibility index (Phi) is 8.16. The summed E-state index contributed by atoms with van der Waals surface area (Å²) in [6, 6.07) is 31.2. The average molecular weight is 596 g/mol. The minimum absolute atomic E-state index is 0.102. The summed E-state index contributed by atoms with van der Waals surface area (Å²) in [5.41, 5.74) is 4.22. The van der Waals surface area contributed by atoms with E-state index in [0.29, 0.717) is 30.9 Å². The predicted molar refractivity (Wildman–Crippen MR) is 166 cm³/mol. The molecule has 9 heteroatoms. The summed E-state index contributed by atoms with van der Waals surface area (Å²) in [6.07, 6.45) is 1.42. The zero-order chi connectivity index (χ0) is 29.8. The molecule has 2 aliphatic heterocycles. The summed E-state index contributed by atoms with van der Waals surface area (Å²) >= 11 is 0. The van der Waals surface area contributed by atoms with Crippen LogP contribution in [0.3, 0.4) is 0 Å². The molecular formula is C34H33N3O5S. The summed E-state index contributed by atoms with van der Waals surface area (Å²) in [6.45, 7) is 0.915. The number of carbonyl (C=O) groups excluding carboxylic acids is 2. The number of hydrogen-bond acceptors (Lipinski definition) is 5. The van der Waals surface area contributed by atoms with Crippen LogP contribution in [0.25, 0.3) is 0 Å². The molecule has 4 aromatic rings. The first-order valence-electron chi connectivity index (χ1n) is 14.5. The van der Waals surface area contributed by atoms with Gasteiger partial charge in [-0.05, 0) is 66.3 Å². The Morgan fingerprint density at radius 2 is 1.51 bits per heavy atom. The molecule has 2 heterocycles. The van der Waals surface area contributed by atoms with Crippen LogP contribution in [0.2, 0.25) is 0 Å². The fraction of sp³-hybridized carbons (Fsp3) is 0.235. The number of para-hydroxylation sites is 3. The van der Waals surface area contributed by atoms with Gasteiger partial charge < -0.3 is 15.0 Å². The number of rotatable bonds is 8. The maximum Gasteiger partial charge on any atom is 0.264 e. The van der Waals surface area contributed by atoms with Crippen molar-refractivity contribution < 1.29 is 22.7 Å². The molecule has 1 N–H and O–H groups in total. The Morgan fingerprint density at radius 1 is 0.814 bits per heavy atom. The number of nitrogens with zero attached hydrogens (tertiary/aromatic N) is 2. The predicted octanol–water partition coefficient (Wildman–Crippen LogP) is 4.87. The summed E-state index contributed by atoms with van der Waals surface area (Å²) in [5.74, 6) is 0.0540. The molecule has 0 aromatic heterocycles. The maximum atomic E-state index is 13.5. The normalized spacial score (nSPS) is 16.0. The second-order valence-electron chi connectivity index (χ2n) is 10.7. The van der Waals surface area contributed by atoms with Crippen LogP contribution in [-0.4, -0.2) is 39.4 Å². The van der Waals surface area contributed by atoms with Gasteiger partial charge in [-0.2, -0.15) is 0 Å². The Balaban J connectivity index is 1.11. The molecule has 0 unspecified atom stereocenters. The molecule has 0 saturated carbocycles. The van der Waals surface area contributed by atoms with Gasteiger partial charge in [0.15, 0.2) is 6.10 Å². The van der Waals surface area contributed by atoms with Gasteiger partial charge in [0.25, 0.3) is 15.9 Å². The first-order chi connectivity index (χ1) is 20.9. The number of amides is 2. The molecule has 0 radical (unpaired) electrons. The highest BCUT2D eigenvalue weighted by Crippen LogP contribution is 2.34. The monoisotopic (exact) mass is 595 g/mol. The Morgan fingerprint density at radius 3 is 2.30 bits per heavy atom. The lowest BCUT2D eigenvalue weighted by Gasteiger charge is -2.34. The first kappa shape index (κ1) is 28.5. The molecule has 0 fully saturated rings. The summed E-state index contributed by atoms with van der Waals surface area (Å²) < 4.78 is 34.4. The van der Waals surface area contributed by atoms with Crippen molar-refractivity contribution in [2.24, 2.45) is 0 Å². The first-order valence-corrected chi connectivity index (χ1v) is 15.9. The number of anilines is 2. The molecule has 0 bridgehead atoms. The number of aryl methyl sites for hydroxylation is 2. The second kappa shape index (κ2) is 12.3. The van der Waals surface area contributed by atoms with Crippen LogP contribution in [0.5, 0.6) is 5.75 Å². The van der Waals surface area contributed by atoms with Crippen LogP contribution in [0, 0.1) is 0 Å². The van der Waals surface area contributed by atoms with Gasteiger partial charge in [0.1, 0.15) is 5.75 Å². The Labute approximate surface area is 252 Å². The standard InChI is InChI=1S/C34H33N3O5S/c38-33(36-24-32(42-31-15-7-6-14-30(31)36)34(39)35-23-26-9-2-1-3-10-26)21-18-25-16-19-28(20-17-25)43(40,41)37-22-8-12-27-11-4-5-13-29(27)37/h1-7,9-11,13-17,19-20,32H,8,12,18,21-24H2,(H,35,39)/t32-/m0/s1. The third kappa shape index (κ3) is 6.12. The van der Waals surface area contributed by atoms with Crippen LogP contribution >= 0.6 is 0 Å². The highest BCUT2D eigenvalue weighted by Gasteiger charge is 2.34. The van der Waals surface area contributed by atoms with Crippen molar-refractivity contribution in [2.75, 3.05) is 22.3 Å². The lowest BCUT2D eigenvalue weighted by Crippen LogP contribution is -2.50. The van der Waals surface area contributed by atoms with E-state index in [0.717, 1.165) is 35.2 Å². The van der Waals surface area contributed by atoms with E-state index in [1.807, 2.05) is 72.8 Å². The van der Waals surface area contributed by atoms with Gasteiger partial charge in [0.05, 0.1) is 22.8 Å². The van der Waals surface area contributed by atoms with Crippen molar-refractivity contribution in [3.63, 3.8) is 0 Å². The van der Waals surface area contributed by atoms with E-state index in [1.54, 1.807) is 35.2 Å². The number of hydrogen-bond donors (Lipinski definition) is 1. The maximum absolute atomic E-state index is 13.5. The SMILES string of the molecule is O=C(NCc1ccccc1)[C@@H]1CN(C(=O)CCc2ccc(S(=O)(=O)N3CCCc4ccccc43)cc2)c2ccccc2O1. The van der Waals surface area contributed by atoms with Crippen molar-refractivity contribution in [3.8, 4) is 5.75 Å². The topological polar surface area (TPSA) is 96.0 Å². The Bertz CT molecular complexity index is 1720. The summed E-state index contributed by atoms with van der Waals surface area (Å²) in [7, 11) is -3.70. The second-order valence-corrected chi connectivity index (χ2v) is 12.6. The third-order valence-electron chi connectivity index (χ3n) is 7.88. The molecule has 8 nitrogen and oxygen atoms in total. The van der Waals surface area contributed by atoms with Crippen molar-refractivity contribution in [2.45, 2.75) is 43.2 Å². The van der Waals surface area contributed by atoms with E-state index in [1.165, 1.54) is 4.31 Å². The average Bonchev–Trinajstić information content (AvgIpc) is 3.06. The molecular weight excluding hydrogens is 562 g/mol. The largest absolute Gasteiger partial charge is 0.477 e. The molecule has 1 atom stereocenters. The lowest BCUT2D eigenvalue weighted by molar-refractivity contribution is -0.128. The van der Waals surface area contributed by atoms with E-state index < -0.39 is 16.1 Å². The van der Waals surface area contributed by atoms with Crippen molar-refractivity contribution in [3.05, 3.63) is 120 Å². The van der Waals surface area contributed by atoms with Crippen LogP contribution in [0.15, 0.2) is 108 Å². The van der Waals surface area contributed by atoms with Gasteiger partial charge in [0, 0.05) is 19.5 Å². The molecule has 2 amide bonds.